The Labute approximate surface area is 127 Å². The van der Waals surface area contributed by atoms with Crippen molar-refractivity contribution in [3.63, 3.8) is 0 Å². The fourth-order valence-corrected chi connectivity index (χ4v) is 2.53. The minimum Gasteiger partial charge on any atom is -0.332 e. The Kier molecular flexibility index (Phi) is 7.17. The highest BCUT2D eigenvalue weighted by atomic mass is 32.1. The lowest BCUT2D eigenvalue weighted by atomic mass is 10.3. The molecule has 0 saturated carbocycles. The number of benzene rings is 1. The molecule has 0 aliphatic carbocycles. The molecule has 0 aliphatic rings. The molecule has 21 heavy (non-hydrogen) atoms. The Morgan fingerprint density at radius 2 is 2.00 bits per heavy atom. The van der Waals surface area contributed by atoms with Gasteiger partial charge in [-0.3, -0.25) is 0 Å². The summed E-state index contributed by atoms with van der Waals surface area (Å²) in [6.07, 6.45) is 0.487. The van der Waals surface area contributed by atoms with Crippen LogP contribution in [-0.4, -0.2) is 16.7 Å². The molecule has 7 heteroatoms. The predicted molar refractivity (Wildman–Crippen MR) is 84.6 cm³/mol. The lowest BCUT2D eigenvalue weighted by molar-refractivity contribution is -0.757. The summed E-state index contributed by atoms with van der Waals surface area (Å²) in [5.41, 5.74) is 1.83. The number of nitrogens with zero attached hydrogens (tertiary/aromatic N) is 2. The highest BCUT2D eigenvalue weighted by Crippen LogP contribution is 2.25. The van der Waals surface area contributed by atoms with Crippen molar-refractivity contribution in [2.45, 2.75) is 27.2 Å². The van der Waals surface area contributed by atoms with Gasteiger partial charge in [-0.2, -0.15) is 0 Å². The highest BCUT2D eigenvalue weighted by Gasteiger charge is 2.08. The maximum atomic E-state index is 10.1. The number of thiazole rings is 1. The number of hydrogen-bond donors (Lipinski definition) is 1. The van der Waals surface area contributed by atoms with Crippen LogP contribution < -0.4 is 5.32 Å². The van der Waals surface area contributed by atoms with E-state index in [-0.39, 0.29) is 6.61 Å². The van der Waals surface area contributed by atoms with Gasteiger partial charge in [-0.1, -0.05) is 32.0 Å². The molecule has 0 spiro atoms. The third-order valence-corrected chi connectivity index (χ3v) is 3.58. The van der Waals surface area contributed by atoms with Crippen LogP contribution >= 0.6 is 11.3 Å². The van der Waals surface area contributed by atoms with Gasteiger partial charge in [0.1, 0.15) is 6.61 Å². The molecule has 1 heterocycles. The topological polar surface area (TPSA) is 77.3 Å². The Bertz CT molecular complexity index is 558. The third kappa shape index (κ3) is 5.78. The number of aromatic nitrogens is 1. The molecular formula is C14H19N3O3S. The molecule has 0 radical (unpaired) electrons. The monoisotopic (exact) mass is 309 g/mol. The molecule has 2 rings (SSSR count). The summed E-state index contributed by atoms with van der Waals surface area (Å²) in [6, 6.07) is 9.72. The second kappa shape index (κ2) is 8.91. The number of para-hydroxylation sites is 1. The zero-order valence-electron chi connectivity index (χ0n) is 12.3. The maximum Gasteiger partial charge on any atom is 0.294 e. The average Bonchev–Trinajstić information content (AvgIpc) is 2.82. The lowest BCUT2D eigenvalue weighted by Gasteiger charge is -2.00. The summed E-state index contributed by atoms with van der Waals surface area (Å²) in [5.74, 6) is 0. The molecule has 0 unspecified atom stereocenters. The predicted octanol–water partition coefficient (Wildman–Crippen LogP) is 3.97. The Morgan fingerprint density at radius 1 is 1.33 bits per heavy atom. The Balaban J connectivity index is 0.00000106. The van der Waals surface area contributed by atoms with Crippen LogP contribution in [0.2, 0.25) is 0 Å². The summed E-state index contributed by atoms with van der Waals surface area (Å²) in [4.78, 5) is 19.8. The van der Waals surface area contributed by atoms with E-state index in [1.807, 2.05) is 51.1 Å². The second-order valence-electron chi connectivity index (χ2n) is 3.83. The molecule has 0 amide bonds. The highest BCUT2D eigenvalue weighted by molar-refractivity contribution is 7.15. The number of hydrogen-bond acceptors (Lipinski definition) is 6. The molecule has 0 aliphatic heterocycles. The maximum absolute atomic E-state index is 10.1. The first kappa shape index (κ1) is 16.9. The van der Waals surface area contributed by atoms with E-state index in [2.05, 4.69) is 15.1 Å². The summed E-state index contributed by atoms with van der Waals surface area (Å²) < 4.78 is 0. The van der Waals surface area contributed by atoms with Crippen LogP contribution in [0.1, 0.15) is 24.4 Å². The largest absolute Gasteiger partial charge is 0.332 e. The Hall–Kier alpha value is -2.15. The van der Waals surface area contributed by atoms with Crippen molar-refractivity contribution in [3.8, 4) is 0 Å². The molecule has 114 valence electrons. The van der Waals surface area contributed by atoms with Crippen molar-refractivity contribution < 1.29 is 9.92 Å². The van der Waals surface area contributed by atoms with Crippen LogP contribution in [0.4, 0.5) is 10.8 Å². The van der Waals surface area contributed by atoms with Crippen molar-refractivity contribution >= 4 is 22.2 Å². The minimum atomic E-state index is -0.778. The van der Waals surface area contributed by atoms with E-state index in [1.54, 1.807) is 0 Å². The molecule has 0 bridgehead atoms. The van der Waals surface area contributed by atoms with E-state index in [0.29, 0.717) is 6.42 Å². The molecule has 2 aromatic rings. The normalized spacial score (nSPS) is 9.48. The van der Waals surface area contributed by atoms with Gasteiger partial charge >= 0.3 is 0 Å². The van der Waals surface area contributed by atoms with E-state index in [1.165, 1.54) is 11.3 Å². The molecule has 0 fully saturated rings. The molecule has 1 aromatic heterocycles. The van der Waals surface area contributed by atoms with E-state index >= 15 is 0 Å². The van der Waals surface area contributed by atoms with Crippen LogP contribution in [0.5, 0.6) is 0 Å². The van der Waals surface area contributed by atoms with Crippen molar-refractivity contribution in [2.75, 3.05) is 11.9 Å². The third-order valence-electron chi connectivity index (χ3n) is 2.44. The second-order valence-corrected chi connectivity index (χ2v) is 4.91. The number of anilines is 2. The first-order chi connectivity index (χ1) is 10.1. The summed E-state index contributed by atoms with van der Waals surface area (Å²) in [7, 11) is 0. The van der Waals surface area contributed by atoms with Crippen LogP contribution in [0.15, 0.2) is 30.3 Å². The van der Waals surface area contributed by atoms with Crippen LogP contribution in [-0.2, 0) is 11.3 Å². The fourth-order valence-electron chi connectivity index (χ4n) is 1.57. The van der Waals surface area contributed by atoms with Gasteiger partial charge in [0, 0.05) is 17.0 Å². The van der Waals surface area contributed by atoms with Crippen molar-refractivity contribution in [1.82, 2.24) is 4.98 Å². The van der Waals surface area contributed by atoms with E-state index in [9.17, 15) is 10.1 Å². The molecule has 0 saturated heterocycles. The zero-order chi connectivity index (χ0) is 15.7. The number of rotatable bonds is 6. The van der Waals surface area contributed by atoms with Gasteiger partial charge in [0.2, 0.25) is 0 Å². The standard InChI is InChI=1S/C12H13N3O3S.C2H6/c1-9-11(7-8-18-15(16)17)19-12(13-9)14-10-5-3-2-4-6-10;1-2/h2-6H,7-8H2,1H3,(H,13,14);1-2H3. The van der Waals surface area contributed by atoms with Gasteiger partial charge in [-0.15, -0.1) is 21.5 Å². The van der Waals surface area contributed by atoms with Crippen molar-refractivity contribution in [2.24, 2.45) is 0 Å². The zero-order valence-corrected chi connectivity index (χ0v) is 13.1. The van der Waals surface area contributed by atoms with Gasteiger partial charge in [0.15, 0.2) is 5.13 Å². The first-order valence-electron chi connectivity index (χ1n) is 6.71. The van der Waals surface area contributed by atoms with E-state index in [4.69, 9.17) is 0 Å². The number of aryl methyl sites for hydroxylation is 1. The minimum absolute atomic E-state index is 0.0564. The molecule has 1 aromatic carbocycles. The van der Waals surface area contributed by atoms with Crippen molar-refractivity contribution in [3.05, 3.63) is 51.0 Å². The van der Waals surface area contributed by atoms with Gasteiger partial charge in [0.25, 0.3) is 5.09 Å². The van der Waals surface area contributed by atoms with Gasteiger partial charge in [0.05, 0.1) is 5.69 Å². The quantitative estimate of drug-likeness (QED) is 0.645. The summed E-state index contributed by atoms with van der Waals surface area (Å²) in [6.45, 7) is 5.94. The molecule has 6 nitrogen and oxygen atoms in total. The first-order valence-corrected chi connectivity index (χ1v) is 7.52. The summed E-state index contributed by atoms with van der Waals surface area (Å²) >= 11 is 1.48. The van der Waals surface area contributed by atoms with Crippen LogP contribution in [0.3, 0.4) is 0 Å². The average molecular weight is 309 g/mol. The van der Waals surface area contributed by atoms with Crippen molar-refractivity contribution in [1.29, 1.82) is 0 Å². The summed E-state index contributed by atoms with van der Waals surface area (Å²) in [5, 5.41) is 13.3. The van der Waals surface area contributed by atoms with Gasteiger partial charge in [-0.25, -0.2) is 4.98 Å². The van der Waals surface area contributed by atoms with Crippen LogP contribution in [0, 0.1) is 17.0 Å². The smallest absolute Gasteiger partial charge is 0.294 e. The van der Waals surface area contributed by atoms with E-state index in [0.717, 1.165) is 21.4 Å². The Morgan fingerprint density at radius 3 is 2.62 bits per heavy atom. The van der Waals surface area contributed by atoms with E-state index < -0.39 is 5.09 Å². The molecule has 0 atom stereocenters. The van der Waals surface area contributed by atoms with Gasteiger partial charge < -0.3 is 10.2 Å². The number of nitrogens with one attached hydrogen (secondary N) is 1. The van der Waals surface area contributed by atoms with Gasteiger partial charge in [-0.05, 0) is 19.1 Å². The molecular weight excluding hydrogens is 290 g/mol. The molecule has 1 N–H and O–H groups in total. The van der Waals surface area contributed by atoms with Crippen LogP contribution in [0.25, 0.3) is 0 Å². The SMILES string of the molecule is CC.Cc1nc(Nc2ccccc2)sc1CCO[N+](=O)[O-]. The lowest BCUT2D eigenvalue weighted by Crippen LogP contribution is -2.04. The fraction of sp³-hybridized carbons (Fsp3) is 0.357.